The van der Waals surface area contributed by atoms with Crippen LogP contribution >= 0.6 is 35.0 Å². The van der Waals surface area contributed by atoms with Crippen molar-refractivity contribution in [1.29, 1.82) is 0 Å². The molecule has 12 heteroatoms. The SMILES string of the molecule is CC(C)CCCC(C)n1c(SCC(=O)Nc2cccc(Cl)c2)nnc1-c1cccc(S(=O)(=O)Nc2ccccc2Cl)c1. The van der Waals surface area contributed by atoms with Crippen molar-refractivity contribution < 1.29 is 13.2 Å². The Hall–Kier alpha value is -3.05. The monoisotopic (exact) mass is 645 g/mol. The Morgan fingerprint density at radius 2 is 1.71 bits per heavy atom. The Bertz CT molecular complexity index is 1640. The Labute approximate surface area is 261 Å². The van der Waals surface area contributed by atoms with Crippen LogP contribution in [0.25, 0.3) is 11.4 Å². The lowest BCUT2D eigenvalue weighted by Gasteiger charge is -2.19. The molecule has 0 saturated carbocycles. The van der Waals surface area contributed by atoms with E-state index in [0.29, 0.717) is 43.9 Å². The first-order valence-electron chi connectivity index (χ1n) is 13.5. The number of aromatic nitrogens is 3. The predicted molar refractivity (Wildman–Crippen MR) is 172 cm³/mol. The van der Waals surface area contributed by atoms with Crippen LogP contribution in [0.4, 0.5) is 11.4 Å². The second-order valence-electron chi connectivity index (χ2n) is 10.3. The van der Waals surface area contributed by atoms with E-state index in [1.807, 2.05) is 4.57 Å². The van der Waals surface area contributed by atoms with Crippen molar-refractivity contribution in [3.63, 3.8) is 0 Å². The molecule has 2 N–H and O–H groups in total. The number of halogens is 2. The minimum Gasteiger partial charge on any atom is -0.325 e. The molecule has 1 amide bonds. The van der Waals surface area contributed by atoms with Gasteiger partial charge in [-0.25, -0.2) is 8.42 Å². The minimum absolute atomic E-state index is 0.00811. The number of anilines is 2. The van der Waals surface area contributed by atoms with Crippen LogP contribution in [-0.4, -0.2) is 34.8 Å². The fraction of sp³-hybridized carbons (Fsp3) is 0.300. The third-order valence-electron chi connectivity index (χ3n) is 6.47. The molecule has 4 rings (SSSR count). The average molecular weight is 647 g/mol. The van der Waals surface area contributed by atoms with E-state index >= 15 is 0 Å². The maximum atomic E-state index is 13.2. The van der Waals surface area contributed by atoms with E-state index in [2.05, 4.69) is 41.0 Å². The van der Waals surface area contributed by atoms with E-state index in [0.717, 1.165) is 19.3 Å². The fourth-order valence-corrected chi connectivity index (χ4v) is 6.75. The van der Waals surface area contributed by atoms with Crippen LogP contribution in [0.5, 0.6) is 0 Å². The zero-order valence-electron chi connectivity index (χ0n) is 23.6. The molecule has 0 aliphatic heterocycles. The van der Waals surface area contributed by atoms with E-state index in [-0.39, 0.29) is 22.6 Å². The Morgan fingerprint density at radius 3 is 2.45 bits per heavy atom. The van der Waals surface area contributed by atoms with Gasteiger partial charge >= 0.3 is 0 Å². The first-order valence-corrected chi connectivity index (χ1v) is 16.8. The first-order chi connectivity index (χ1) is 20.0. The molecule has 0 fully saturated rings. The topological polar surface area (TPSA) is 106 Å². The Kier molecular flexibility index (Phi) is 10.9. The fourth-order valence-electron chi connectivity index (χ4n) is 4.36. The van der Waals surface area contributed by atoms with Gasteiger partial charge in [-0.05, 0) is 61.7 Å². The van der Waals surface area contributed by atoms with Crippen molar-refractivity contribution in [1.82, 2.24) is 14.8 Å². The molecule has 0 radical (unpaired) electrons. The number of para-hydroxylation sites is 1. The van der Waals surface area contributed by atoms with Crippen LogP contribution in [0.3, 0.4) is 0 Å². The number of carbonyl (C=O) groups excluding carboxylic acids is 1. The maximum Gasteiger partial charge on any atom is 0.261 e. The molecule has 1 aromatic heterocycles. The molecule has 42 heavy (non-hydrogen) atoms. The lowest BCUT2D eigenvalue weighted by Crippen LogP contribution is -2.15. The van der Waals surface area contributed by atoms with Gasteiger partial charge in [-0.1, -0.05) is 92.0 Å². The first kappa shape index (κ1) is 31.9. The number of nitrogens with one attached hydrogen (secondary N) is 2. The van der Waals surface area contributed by atoms with E-state index in [1.165, 1.54) is 17.8 Å². The van der Waals surface area contributed by atoms with Gasteiger partial charge in [0.05, 0.1) is 21.4 Å². The normalized spacial score (nSPS) is 12.3. The van der Waals surface area contributed by atoms with Crippen molar-refractivity contribution >= 4 is 62.3 Å². The van der Waals surface area contributed by atoms with Gasteiger partial charge in [0, 0.05) is 22.3 Å². The summed E-state index contributed by atoms with van der Waals surface area (Å²) in [6, 6.07) is 20.2. The largest absolute Gasteiger partial charge is 0.325 e. The zero-order chi connectivity index (χ0) is 30.3. The molecule has 0 aliphatic rings. The highest BCUT2D eigenvalue weighted by Gasteiger charge is 2.23. The Balaban J connectivity index is 1.60. The lowest BCUT2D eigenvalue weighted by atomic mass is 10.0. The standard InChI is InChI=1S/C30H33Cl2N5O3S2/c1-20(2)9-6-10-21(3)37-29(34-35-30(37)41-19-28(38)33-24-13-8-12-23(31)18-24)22-11-7-14-25(17-22)42(39,40)36-27-16-5-4-15-26(27)32/h4-5,7-8,11-18,20-21,36H,6,9-10,19H2,1-3H3,(H,33,38). The molecule has 0 spiro atoms. The summed E-state index contributed by atoms with van der Waals surface area (Å²) in [7, 11) is -3.93. The van der Waals surface area contributed by atoms with Crippen molar-refractivity contribution in [2.75, 3.05) is 15.8 Å². The Morgan fingerprint density at radius 1 is 0.952 bits per heavy atom. The number of rotatable bonds is 13. The van der Waals surface area contributed by atoms with Crippen molar-refractivity contribution in [2.24, 2.45) is 5.92 Å². The average Bonchev–Trinajstić information content (AvgIpc) is 3.37. The number of amides is 1. The second-order valence-corrected chi connectivity index (χ2v) is 13.8. The van der Waals surface area contributed by atoms with Crippen LogP contribution < -0.4 is 10.0 Å². The lowest BCUT2D eigenvalue weighted by molar-refractivity contribution is -0.113. The number of nitrogens with zero attached hydrogens (tertiary/aromatic N) is 3. The van der Waals surface area contributed by atoms with Gasteiger partial charge in [0.1, 0.15) is 0 Å². The summed E-state index contributed by atoms with van der Waals surface area (Å²) in [5.41, 5.74) is 1.50. The summed E-state index contributed by atoms with van der Waals surface area (Å²) >= 11 is 13.5. The molecule has 4 aromatic rings. The van der Waals surface area contributed by atoms with Gasteiger partial charge in [0.2, 0.25) is 5.91 Å². The van der Waals surface area contributed by atoms with E-state index in [9.17, 15) is 13.2 Å². The summed E-state index contributed by atoms with van der Waals surface area (Å²) in [4.78, 5) is 12.8. The molecule has 1 atom stereocenters. The highest BCUT2D eigenvalue weighted by Crippen LogP contribution is 2.32. The molecule has 8 nitrogen and oxygen atoms in total. The van der Waals surface area contributed by atoms with Crippen molar-refractivity contribution in [3.05, 3.63) is 82.8 Å². The maximum absolute atomic E-state index is 13.2. The number of carbonyl (C=O) groups is 1. The third kappa shape index (κ3) is 8.50. The summed E-state index contributed by atoms with van der Waals surface area (Å²) in [5, 5.41) is 13.1. The van der Waals surface area contributed by atoms with E-state index in [1.54, 1.807) is 66.7 Å². The summed E-state index contributed by atoms with van der Waals surface area (Å²) in [6.45, 7) is 6.47. The minimum atomic E-state index is -3.93. The van der Waals surface area contributed by atoms with Crippen LogP contribution in [0.15, 0.2) is 82.8 Å². The number of sulfonamides is 1. The van der Waals surface area contributed by atoms with Crippen LogP contribution in [0, 0.1) is 5.92 Å². The molecule has 1 heterocycles. The highest BCUT2D eigenvalue weighted by atomic mass is 35.5. The van der Waals surface area contributed by atoms with E-state index < -0.39 is 10.0 Å². The zero-order valence-corrected chi connectivity index (χ0v) is 26.7. The summed E-state index contributed by atoms with van der Waals surface area (Å²) < 4.78 is 31.0. The quantitative estimate of drug-likeness (QED) is 0.142. The van der Waals surface area contributed by atoms with E-state index in [4.69, 9.17) is 23.2 Å². The van der Waals surface area contributed by atoms with Gasteiger partial charge < -0.3 is 5.32 Å². The van der Waals surface area contributed by atoms with Gasteiger partial charge in [0.25, 0.3) is 10.0 Å². The van der Waals surface area contributed by atoms with Crippen molar-refractivity contribution in [2.45, 2.75) is 56.1 Å². The molecule has 3 aromatic carbocycles. The molecule has 0 bridgehead atoms. The number of hydrogen-bond donors (Lipinski definition) is 2. The van der Waals surface area contributed by atoms with Gasteiger partial charge in [-0.15, -0.1) is 10.2 Å². The molecule has 1 unspecified atom stereocenters. The number of hydrogen-bond acceptors (Lipinski definition) is 6. The molecular weight excluding hydrogens is 613 g/mol. The third-order valence-corrected chi connectivity index (χ3v) is 9.34. The molecule has 222 valence electrons. The van der Waals surface area contributed by atoms with Gasteiger partial charge in [-0.2, -0.15) is 0 Å². The molecule has 0 saturated heterocycles. The van der Waals surface area contributed by atoms with Gasteiger partial charge in [0.15, 0.2) is 11.0 Å². The summed E-state index contributed by atoms with van der Waals surface area (Å²) in [6.07, 6.45) is 2.96. The summed E-state index contributed by atoms with van der Waals surface area (Å²) in [5.74, 6) is 1.01. The smallest absolute Gasteiger partial charge is 0.261 e. The predicted octanol–water partition coefficient (Wildman–Crippen LogP) is 8.17. The van der Waals surface area contributed by atoms with Gasteiger partial charge in [-0.3, -0.25) is 14.1 Å². The van der Waals surface area contributed by atoms with Crippen molar-refractivity contribution in [3.8, 4) is 11.4 Å². The second kappa shape index (κ2) is 14.4. The van der Waals surface area contributed by atoms with Crippen LogP contribution in [0.1, 0.15) is 46.1 Å². The van der Waals surface area contributed by atoms with Crippen LogP contribution in [0.2, 0.25) is 10.0 Å². The number of benzene rings is 3. The molecular formula is C30H33Cl2N5O3S2. The highest BCUT2D eigenvalue weighted by molar-refractivity contribution is 7.99. The molecule has 0 aliphatic carbocycles. The van der Waals surface area contributed by atoms with Crippen LogP contribution in [-0.2, 0) is 14.8 Å². The number of thioether (sulfide) groups is 1.